The summed E-state index contributed by atoms with van der Waals surface area (Å²) in [5.41, 5.74) is 1.19. The number of methoxy groups -OCH3 is 1. The molecule has 0 bridgehead atoms. The number of rotatable bonds is 5. The van der Waals surface area contributed by atoms with E-state index in [1.165, 1.54) is 37.2 Å². The van der Waals surface area contributed by atoms with Crippen molar-refractivity contribution >= 4 is 35.0 Å². The number of halogens is 1. The summed E-state index contributed by atoms with van der Waals surface area (Å²) in [6.07, 6.45) is 0.249. The number of nitrogens with zero attached hydrogens (tertiary/aromatic N) is 5. The van der Waals surface area contributed by atoms with Gasteiger partial charge in [-0.1, -0.05) is 11.6 Å². The van der Waals surface area contributed by atoms with Crippen molar-refractivity contribution < 1.29 is 19.4 Å². The number of hydrogen-bond acceptors (Lipinski definition) is 6. The highest BCUT2D eigenvalue weighted by Gasteiger charge is 2.23. The Bertz CT molecular complexity index is 1220. The summed E-state index contributed by atoms with van der Waals surface area (Å²) in [5.74, 6) is -0.228. The molecule has 31 heavy (non-hydrogen) atoms. The molecule has 1 aromatic carbocycles. The van der Waals surface area contributed by atoms with Crippen molar-refractivity contribution in [1.82, 2.24) is 14.8 Å². The molecule has 2 N–H and O–H groups in total. The van der Waals surface area contributed by atoms with Gasteiger partial charge in [0.1, 0.15) is 5.69 Å². The summed E-state index contributed by atoms with van der Waals surface area (Å²) >= 11 is 6.21. The molecule has 158 valence electrons. The van der Waals surface area contributed by atoms with Crippen LogP contribution in [-0.4, -0.2) is 46.0 Å². The Labute approximate surface area is 182 Å². The van der Waals surface area contributed by atoms with E-state index in [-0.39, 0.29) is 39.4 Å². The van der Waals surface area contributed by atoms with E-state index in [1.807, 2.05) is 6.07 Å². The van der Waals surface area contributed by atoms with E-state index >= 15 is 0 Å². The van der Waals surface area contributed by atoms with E-state index in [1.54, 1.807) is 25.1 Å². The predicted molar refractivity (Wildman–Crippen MR) is 113 cm³/mol. The minimum Gasteiger partial charge on any atom is -0.480 e. The van der Waals surface area contributed by atoms with Crippen LogP contribution in [0.1, 0.15) is 21.6 Å². The van der Waals surface area contributed by atoms with Crippen LogP contribution in [0, 0.1) is 18.3 Å². The number of aromatic nitrogens is 3. The molecule has 3 rings (SSSR count). The van der Waals surface area contributed by atoms with Crippen molar-refractivity contribution in [3.8, 4) is 17.8 Å². The zero-order valence-electron chi connectivity index (χ0n) is 16.8. The van der Waals surface area contributed by atoms with Crippen molar-refractivity contribution in [3.63, 3.8) is 0 Å². The fraction of sp³-hybridized carbons (Fsp3) is 0.150. The van der Waals surface area contributed by atoms with Gasteiger partial charge in [0.25, 0.3) is 5.91 Å². The standard InChI is InChI=1S/C20H17ClN6O4/c1-11-7-12(10-22)8-14(26(2)20(29)30)17(11)24-19(28)15-9-16(31-3)25-27(15)18-13(21)5-4-6-23-18/h4-9H,1-3H3,(H,24,28)(H,29,30). The van der Waals surface area contributed by atoms with E-state index in [0.717, 1.165) is 4.90 Å². The van der Waals surface area contributed by atoms with E-state index in [2.05, 4.69) is 15.4 Å². The minimum absolute atomic E-state index is 0.0603. The van der Waals surface area contributed by atoms with Crippen LogP contribution in [0.2, 0.25) is 5.02 Å². The number of hydrogen-bond donors (Lipinski definition) is 2. The molecule has 0 fully saturated rings. The Kier molecular flexibility index (Phi) is 6.08. The first-order valence-electron chi connectivity index (χ1n) is 8.84. The lowest BCUT2D eigenvalue weighted by molar-refractivity contribution is 0.101. The molecule has 10 nitrogen and oxygen atoms in total. The summed E-state index contributed by atoms with van der Waals surface area (Å²) in [4.78, 5) is 29.8. The number of nitrogens with one attached hydrogen (secondary N) is 1. The number of anilines is 2. The molecule has 0 atom stereocenters. The van der Waals surface area contributed by atoms with Crippen LogP contribution in [0.25, 0.3) is 5.82 Å². The lowest BCUT2D eigenvalue weighted by atomic mass is 10.1. The average Bonchev–Trinajstić information content (AvgIpc) is 3.19. The highest BCUT2D eigenvalue weighted by Crippen LogP contribution is 2.32. The first-order chi connectivity index (χ1) is 14.8. The number of amides is 2. The summed E-state index contributed by atoms with van der Waals surface area (Å²) in [6, 6.07) is 9.54. The van der Waals surface area contributed by atoms with E-state index in [9.17, 15) is 20.0 Å². The number of aryl methyl sites for hydroxylation is 1. The molecule has 0 aliphatic heterocycles. The molecular weight excluding hydrogens is 424 g/mol. The van der Waals surface area contributed by atoms with E-state index in [4.69, 9.17) is 16.3 Å². The van der Waals surface area contributed by atoms with Gasteiger partial charge in [0.05, 0.1) is 35.1 Å². The van der Waals surface area contributed by atoms with Crippen LogP contribution in [-0.2, 0) is 0 Å². The second kappa shape index (κ2) is 8.73. The molecule has 0 radical (unpaired) electrons. The van der Waals surface area contributed by atoms with Crippen LogP contribution in [0.5, 0.6) is 5.88 Å². The largest absolute Gasteiger partial charge is 0.480 e. The van der Waals surface area contributed by atoms with Gasteiger partial charge in [-0.05, 0) is 36.8 Å². The van der Waals surface area contributed by atoms with Gasteiger partial charge >= 0.3 is 6.09 Å². The zero-order chi connectivity index (χ0) is 22.7. The third-order valence-electron chi connectivity index (χ3n) is 4.40. The van der Waals surface area contributed by atoms with Crippen LogP contribution < -0.4 is 15.0 Å². The Morgan fingerprint density at radius 1 is 1.35 bits per heavy atom. The highest BCUT2D eigenvalue weighted by molar-refractivity contribution is 6.32. The van der Waals surface area contributed by atoms with Crippen molar-refractivity contribution in [2.45, 2.75) is 6.92 Å². The van der Waals surface area contributed by atoms with Gasteiger partial charge in [0.2, 0.25) is 5.88 Å². The predicted octanol–water partition coefficient (Wildman–Crippen LogP) is 3.48. The highest BCUT2D eigenvalue weighted by atomic mass is 35.5. The normalized spacial score (nSPS) is 10.3. The molecular formula is C20H17ClN6O4. The van der Waals surface area contributed by atoms with Crippen LogP contribution in [0.3, 0.4) is 0 Å². The Morgan fingerprint density at radius 2 is 2.10 bits per heavy atom. The maximum Gasteiger partial charge on any atom is 0.411 e. The molecule has 0 saturated heterocycles. The Hall–Kier alpha value is -4.10. The maximum atomic E-state index is 13.2. The third-order valence-corrected chi connectivity index (χ3v) is 4.69. The first kappa shape index (κ1) is 21.6. The molecule has 0 spiro atoms. The van der Waals surface area contributed by atoms with Crippen molar-refractivity contribution in [1.29, 1.82) is 5.26 Å². The van der Waals surface area contributed by atoms with Crippen molar-refractivity contribution in [3.05, 3.63) is 58.4 Å². The summed E-state index contributed by atoms with van der Waals surface area (Å²) in [6.45, 7) is 1.66. The third kappa shape index (κ3) is 4.26. The van der Waals surface area contributed by atoms with E-state index in [0.29, 0.717) is 5.56 Å². The molecule has 2 heterocycles. The first-order valence-corrected chi connectivity index (χ1v) is 9.22. The van der Waals surface area contributed by atoms with E-state index < -0.39 is 12.0 Å². The number of benzene rings is 1. The number of nitriles is 1. The fourth-order valence-corrected chi connectivity index (χ4v) is 3.06. The van der Waals surface area contributed by atoms with Gasteiger partial charge in [0, 0.05) is 19.3 Å². The lowest BCUT2D eigenvalue weighted by Crippen LogP contribution is -2.26. The number of ether oxygens (including phenoxy) is 1. The Morgan fingerprint density at radius 3 is 2.71 bits per heavy atom. The number of carbonyl (C=O) groups excluding carboxylic acids is 1. The fourth-order valence-electron chi connectivity index (χ4n) is 2.86. The van der Waals surface area contributed by atoms with Crippen molar-refractivity contribution in [2.24, 2.45) is 0 Å². The van der Waals surface area contributed by atoms with Gasteiger partial charge in [-0.3, -0.25) is 9.69 Å². The topological polar surface area (TPSA) is 133 Å². The quantitative estimate of drug-likeness (QED) is 0.620. The van der Waals surface area contributed by atoms with Gasteiger partial charge in [-0.25, -0.2) is 14.5 Å². The molecule has 2 aromatic heterocycles. The zero-order valence-corrected chi connectivity index (χ0v) is 17.5. The Balaban J connectivity index is 2.09. The van der Waals surface area contributed by atoms with Crippen molar-refractivity contribution in [2.75, 3.05) is 24.4 Å². The molecule has 2 amide bonds. The second-order valence-corrected chi connectivity index (χ2v) is 6.79. The SMILES string of the molecule is COc1cc(C(=O)Nc2c(C)cc(C#N)cc2N(C)C(=O)O)n(-c2ncccc2Cl)n1. The molecule has 3 aromatic rings. The molecule has 0 saturated carbocycles. The monoisotopic (exact) mass is 440 g/mol. The maximum absolute atomic E-state index is 13.2. The van der Waals surface area contributed by atoms with Gasteiger partial charge < -0.3 is 15.2 Å². The van der Waals surface area contributed by atoms with Crippen LogP contribution in [0.4, 0.5) is 16.2 Å². The lowest BCUT2D eigenvalue weighted by Gasteiger charge is -2.20. The molecule has 11 heteroatoms. The summed E-state index contributed by atoms with van der Waals surface area (Å²) in [7, 11) is 2.72. The molecule has 0 aliphatic rings. The molecule has 0 unspecified atom stereocenters. The number of pyridine rings is 1. The average molecular weight is 441 g/mol. The van der Waals surface area contributed by atoms with Gasteiger partial charge in [0.15, 0.2) is 5.82 Å². The number of carbonyl (C=O) groups is 2. The van der Waals surface area contributed by atoms with Gasteiger partial charge in [-0.2, -0.15) is 5.26 Å². The minimum atomic E-state index is -1.25. The summed E-state index contributed by atoms with van der Waals surface area (Å²) < 4.78 is 6.37. The summed E-state index contributed by atoms with van der Waals surface area (Å²) in [5, 5.41) is 25.8. The van der Waals surface area contributed by atoms with Crippen LogP contribution >= 0.6 is 11.6 Å². The molecule has 0 aliphatic carbocycles. The van der Waals surface area contributed by atoms with Gasteiger partial charge in [-0.15, -0.1) is 5.10 Å². The second-order valence-electron chi connectivity index (χ2n) is 6.39. The smallest absolute Gasteiger partial charge is 0.411 e. The number of carboxylic acid groups (broad SMARTS) is 1. The van der Waals surface area contributed by atoms with Crippen LogP contribution in [0.15, 0.2) is 36.5 Å².